The molecule has 11 heavy (non-hydrogen) atoms. The first-order valence-corrected chi connectivity index (χ1v) is 3.90. The fraction of sp³-hybridized carbons (Fsp3) is 1.00. The van der Waals surface area contributed by atoms with Crippen LogP contribution < -0.4 is 0 Å². The molecule has 0 aromatic carbocycles. The Morgan fingerprint density at radius 3 is 2.55 bits per heavy atom. The molecule has 0 unspecified atom stereocenters. The molecule has 3 nitrogen and oxygen atoms in total. The molecular weight excluding hydrogens is 144 g/mol. The Labute approximate surface area is 67.6 Å². The van der Waals surface area contributed by atoms with E-state index < -0.39 is 5.79 Å². The van der Waals surface area contributed by atoms with Crippen LogP contribution in [0.4, 0.5) is 0 Å². The van der Waals surface area contributed by atoms with Gasteiger partial charge in [0.25, 0.3) is 0 Å². The van der Waals surface area contributed by atoms with Gasteiger partial charge in [-0.1, -0.05) is 0 Å². The largest absolute Gasteiger partial charge is 0.379 e. The van der Waals surface area contributed by atoms with Crippen LogP contribution >= 0.6 is 0 Å². The van der Waals surface area contributed by atoms with E-state index in [1.165, 1.54) is 0 Å². The second-order valence-electron chi connectivity index (χ2n) is 3.31. The van der Waals surface area contributed by atoms with Crippen molar-refractivity contribution >= 4 is 0 Å². The zero-order valence-corrected chi connectivity index (χ0v) is 7.59. The predicted octanol–water partition coefficient (Wildman–Crippen LogP) is 1.17. The van der Waals surface area contributed by atoms with E-state index in [2.05, 4.69) is 0 Å². The molecule has 1 heterocycles. The van der Waals surface area contributed by atoms with Gasteiger partial charge in [-0.3, -0.25) is 0 Å². The van der Waals surface area contributed by atoms with Crippen molar-refractivity contribution in [1.29, 1.82) is 0 Å². The van der Waals surface area contributed by atoms with Gasteiger partial charge in [0.15, 0.2) is 5.79 Å². The Bertz CT molecular complexity index is 133. The third-order valence-corrected chi connectivity index (χ3v) is 1.93. The molecule has 1 fully saturated rings. The lowest BCUT2D eigenvalue weighted by Gasteiger charge is -2.19. The molecule has 1 rings (SSSR count). The monoisotopic (exact) mass is 160 g/mol. The Morgan fingerprint density at radius 2 is 2.18 bits per heavy atom. The average Bonchev–Trinajstić information content (AvgIpc) is 2.29. The molecule has 1 aliphatic rings. The second kappa shape index (κ2) is 3.09. The SMILES string of the molecule is CO[C@@H](C)[C@@H]1COC(C)(C)O1. The molecule has 0 saturated carbocycles. The highest BCUT2D eigenvalue weighted by molar-refractivity contribution is 4.75. The maximum absolute atomic E-state index is 5.55. The molecule has 66 valence electrons. The van der Waals surface area contributed by atoms with Gasteiger partial charge in [0.2, 0.25) is 0 Å². The summed E-state index contributed by atoms with van der Waals surface area (Å²) in [6.07, 6.45) is 0.187. The Kier molecular flexibility index (Phi) is 2.52. The summed E-state index contributed by atoms with van der Waals surface area (Å²) in [5.41, 5.74) is 0. The lowest BCUT2D eigenvalue weighted by atomic mass is 10.2. The smallest absolute Gasteiger partial charge is 0.163 e. The number of rotatable bonds is 2. The van der Waals surface area contributed by atoms with Crippen molar-refractivity contribution in [3.8, 4) is 0 Å². The molecule has 1 saturated heterocycles. The molecule has 0 bridgehead atoms. The zero-order chi connectivity index (χ0) is 8.48. The number of ether oxygens (including phenoxy) is 3. The minimum Gasteiger partial charge on any atom is -0.379 e. The number of hydrogen-bond donors (Lipinski definition) is 0. The van der Waals surface area contributed by atoms with Crippen molar-refractivity contribution in [3.05, 3.63) is 0 Å². The standard InChI is InChI=1S/C8H16O3/c1-6(9-4)7-5-10-8(2,3)11-7/h6-7H,5H2,1-4H3/t6-,7-/m0/s1. The van der Waals surface area contributed by atoms with Crippen molar-refractivity contribution in [1.82, 2.24) is 0 Å². The van der Waals surface area contributed by atoms with Gasteiger partial charge >= 0.3 is 0 Å². The zero-order valence-electron chi connectivity index (χ0n) is 7.59. The van der Waals surface area contributed by atoms with Crippen molar-refractivity contribution in [2.24, 2.45) is 0 Å². The summed E-state index contributed by atoms with van der Waals surface area (Å²) in [4.78, 5) is 0. The molecule has 2 atom stereocenters. The van der Waals surface area contributed by atoms with E-state index in [4.69, 9.17) is 14.2 Å². The molecule has 3 heteroatoms. The first-order chi connectivity index (χ1) is 5.05. The molecule has 1 aliphatic heterocycles. The lowest BCUT2D eigenvalue weighted by Crippen LogP contribution is -2.29. The van der Waals surface area contributed by atoms with Gasteiger partial charge in [0.05, 0.1) is 12.7 Å². The van der Waals surface area contributed by atoms with E-state index in [1.807, 2.05) is 20.8 Å². The fourth-order valence-electron chi connectivity index (χ4n) is 1.10. The minimum atomic E-state index is -0.433. The predicted molar refractivity (Wildman–Crippen MR) is 41.4 cm³/mol. The first-order valence-electron chi connectivity index (χ1n) is 3.90. The van der Waals surface area contributed by atoms with Crippen LogP contribution in [0.25, 0.3) is 0 Å². The van der Waals surface area contributed by atoms with Crippen LogP contribution in [0, 0.1) is 0 Å². The van der Waals surface area contributed by atoms with Gasteiger partial charge in [-0.15, -0.1) is 0 Å². The van der Waals surface area contributed by atoms with E-state index in [1.54, 1.807) is 7.11 Å². The van der Waals surface area contributed by atoms with Crippen LogP contribution in [-0.4, -0.2) is 31.7 Å². The summed E-state index contributed by atoms with van der Waals surface area (Å²) >= 11 is 0. The molecule has 0 aromatic heterocycles. The summed E-state index contributed by atoms with van der Waals surface area (Å²) in [7, 11) is 1.68. The van der Waals surface area contributed by atoms with Crippen LogP contribution in [0.15, 0.2) is 0 Å². The maximum Gasteiger partial charge on any atom is 0.163 e. The third kappa shape index (κ3) is 2.15. The molecule has 0 N–H and O–H groups in total. The van der Waals surface area contributed by atoms with Gasteiger partial charge in [-0.05, 0) is 20.8 Å². The topological polar surface area (TPSA) is 27.7 Å². The van der Waals surface area contributed by atoms with Gasteiger partial charge in [-0.25, -0.2) is 0 Å². The Hall–Kier alpha value is -0.120. The van der Waals surface area contributed by atoms with E-state index >= 15 is 0 Å². The van der Waals surface area contributed by atoms with Gasteiger partial charge in [0, 0.05) is 7.11 Å². The maximum atomic E-state index is 5.55. The molecular formula is C8H16O3. The quantitative estimate of drug-likeness (QED) is 0.607. The van der Waals surface area contributed by atoms with Crippen molar-refractivity contribution < 1.29 is 14.2 Å². The van der Waals surface area contributed by atoms with E-state index in [0.29, 0.717) is 6.61 Å². The highest BCUT2D eigenvalue weighted by atomic mass is 16.7. The van der Waals surface area contributed by atoms with Gasteiger partial charge < -0.3 is 14.2 Å². The molecule has 0 amide bonds. The number of methoxy groups -OCH3 is 1. The highest BCUT2D eigenvalue weighted by Crippen LogP contribution is 2.24. The molecule has 0 aliphatic carbocycles. The molecule has 0 radical (unpaired) electrons. The first kappa shape index (κ1) is 8.97. The van der Waals surface area contributed by atoms with Crippen LogP contribution in [0.5, 0.6) is 0 Å². The van der Waals surface area contributed by atoms with Crippen LogP contribution in [0.2, 0.25) is 0 Å². The van der Waals surface area contributed by atoms with Crippen LogP contribution in [0.3, 0.4) is 0 Å². The van der Waals surface area contributed by atoms with E-state index in [9.17, 15) is 0 Å². The van der Waals surface area contributed by atoms with Crippen molar-refractivity contribution in [2.75, 3.05) is 13.7 Å². The lowest BCUT2D eigenvalue weighted by molar-refractivity contribution is -0.151. The third-order valence-electron chi connectivity index (χ3n) is 1.93. The summed E-state index contributed by atoms with van der Waals surface area (Å²) < 4.78 is 16.1. The van der Waals surface area contributed by atoms with Crippen molar-refractivity contribution in [2.45, 2.75) is 38.8 Å². The number of hydrogen-bond acceptors (Lipinski definition) is 3. The van der Waals surface area contributed by atoms with Crippen LogP contribution in [0.1, 0.15) is 20.8 Å². The van der Waals surface area contributed by atoms with E-state index in [0.717, 1.165) is 0 Å². The summed E-state index contributed by atoms with van der Waals surface area (Å²) in [5, 5.41) is 0. The summed E-state index contributed by atoms with van der Waals surface area (Å²) in [5.74, 6) is -0.433. The second-order valence-corrected chi connectivity index (χ2v) is 3.31. The highest BCUT2D eigenvalue weighted by Gasteiger charge is 2.35. The fourth-order valence-corrected chi connectivity index (χ4v) is 1.10. The Balaban J connectivity index is 2.41. The van der Waals surface area contributed by atoms with E-state index in [-0.39, 0.29) is 12.2 Å². The average molecular weight is 160 g/mol. The normalized spacial score (nSPS) is 32.2. The Morgan fingerprint density at radius 1 is 1.55 bits per heavy atom. The van der Waals surface area contributed by atoms with Gasteiger partial charge in [0.1, 0.15) is 6.10 Å². The summed E-state index contributed by atoms with van der Waals surface area (Å²) in [6.45, 7) is 6.43. The minimum absolute atomic E-state index is 0.0787. The van der Waals surface area contributed by atoms with Gasteiger partial charge in [-0.2, -0.15) is 0 Å². The van der Waals surface area contributed by atoms with Crippen LogP contribution in [-0.2, 0) is 14.2 Å². The van der Waals surface area contributed by atoms with Crippen molar-refractivity contribution in [3.63, 3.8) is 0 Å². The summed E-state index contributed by atoms with van der Waals surface area (Å²) in [6, 6.07) is 0. The molecule has 0 spiro atoms. The molecule has 0 aromatic rings.